The molecule has 3 atom stereocenters. The Balaban J connectivity index is 2.15. The minimum atomic E-state index is -1.02. The minimum absolute atomic E-state index is 0.00495. The lowest BCUT2D eigenvalue weighted by Gasteiger charge is -2.34. The van der Waals surface area contributed by atoms with Crippen LogP contribution in [0.5, 0.6) is 0 Å². The third-order valence-corrected chi connectivity index (χ3v) is 4.65. The first-order chi connectivity index (χ1) is 8.50. The molecule has 1 aliphatic heterocycles. The molecular weight excluding hydrogens is 232 g/mol. The fraction of sp³-hybridized carbons (Fsp3) is 0.846. The molecule has 2 fully saturated rings. The Bertz CT molecular complexity index is 358. The van der Waals surface area contributed by atoms with Gasteiger partial charge in [0.2, 0.25) is 5.91 Å². The van der Waals surface area contributed by atoms with Crippen LogP contribution in [0.1, 0.15) is 39.0 Å². The van der Waals surface area contributed by atoms with E-state index in [0.717, 1.165) is 25.7 Å². The van der Waals surface area contributed by atoms with Gasteiger partial charge in [-0.2, -0.15) is 0 Å². The zero-order valence-electron chi connectivity index (χ0n) is 10.9. The molecule has 0 aromatic rings. The maximum Gasteiger partial charge on any atom is 0.329 e. The molecule has 1 aliphatic carbocycles. The zero-order valence-corrected chi connectivity index (χ0v) is 10.9. The van der Waals surface area contributed by atoms with Gasteiger partial charge in [0.15, 0.2) is 0 Å². The van der Waals surface area contributed by atoms with E-state index in [9.17, 15) is 14.7 Å². The van der Waals surface area contributed by atoms with Gasteiger partial charge in [0.1, 0.15) is 5.54 Å². The largest absolute Gasteiger partial charge is 0.480 e. The maximum atomic E-state index is 12.5. The number of hydrogen-bond donors (Lipinski definition) is 2. The van der Waals surface area contributed by atoms with Gasteiger partial charge in [0.25, 0.3) is 0 Å². The third kappa shape index (κ3) is 2.00. The smallest absolute Gasteiger partial charge is 0.329 e. The Morgan fingerprint density at radius 1 is 1.39 bits per heavy atom. The van der Waals surface area contributed by atoms with Crippen LogP contribution in [0.4, 0.5) is 0 Å². The molecule has 1 saturated carbocycles. The number of likely N-dealkylation sites (tertiary alicyclic amines) is 1. The van der Waals surface area contributed by atoms with Crippen LogP contribution in [0.15, 0.2) is 0 Å². The Kier molecular flexibility index (Phi) is 3.61. The average molecular weight is 254 g/mol. The van der Waals surface area contributed by atoms with Crippen molar-refractivity contribution in [3.8, 4) is 0 Å². The molecule has 1 saturated heterocycles. The van der Waals surface area contributed by atoms with E-state index in [0.29, 0.717) is 19.5 Å². The van der Waals surface area contributed by atoms with Crippen molar-refractivity contribution in [3.05, 3.63) is 0 Å². The van der Waals surface area contributed by atoms with Gasteiger partial charge < -0.3 is 15.7 Å². The third-order valence-electron chi connectivity index (χ3n) is 4.65. The Hall–Kier alpha value is -1.10. The second-order valence-electron chi connectivity index (χ2n) is 5.71. The minimum Gasteiger partial charge on any atom is -0.480 e. The summed E-state index contributed by atoms with van der Waals surface area (Å²) < 4.78 is 0. The quantitative estimate of drug-likeness (QED) is 0.781. The summed E-state index contributed by atoms with van der Waals surface area (Å²) in [4.78, 5) is 25.5. The molecule has 0 spiro atoms. The molecular formula is C13H22N2O3. The first kappa shape index (κ1) is 13.3. The van der Waals surface area contributed by atoms with E-state index in [-0.39, 0.29) is 17.7 Å². The lowest BCUT2D eigenvalue weighted by atomic mass is 9.92. The molecule has 0 aromatic heterocycles. The van der Waals surface area contributed by atoms with Crippen LogP contribution >= 0.6 is 0 Å². The van der Waals surface area contributed by atoms with E-state index >= 15 is 0 Å². The summed E-state index contributed by atoms with van der Waals surface area (Å²) in [6, 6.07) is 0. The van der Waals surface area contributed by atoms with Crippen LogP contribution in [-0.2, 0) is 9.59 Å². The highest BCUT2D eigenvalue weighted by Gasteiger charge is 2.48. The summed E-state index contributed by atoms with van der Waals surface area (Å²) in [6.45, 7) is 2.75. The second-order valence-corrected chi connectivity index (χ2v) is 5.71. The van der Waals surface area contributed by atoms with Crippen molar-refractivity contribution in [1.82, 2.24) is 4.90 Å². The summed E-state index contributed by atoms with van der Waals surface area (Å²) in [5, 5.41) is 9.34. The molecule has 1 heterocycles. The van der Waals surface area contributed by atoms with Crippen molar-refractivity contribution >= 4 is 11.9 Å². The van der Waals surface area contributed by atoms with Gasteiger partial charge in [0, 0.05) is 12.5 Å². The van der Waals surface area contributed by atoms with Crippen molar-refractivity contribution in [3.63, 3.8) is 0 Å². The van der Waals surface area contributed by atoms with Crippen LogP contribution in [0.2, 0.25) is 0 Å². The van der Waals surface area contributed by atoms with Crippen molar-refractivity contribution < 1.29 is 14.7 Å². The predicted octanol–water partition coefficient (Wildman–Crippen LogP) is 0.827. The second kappa shape index (κ2) is 4.88. The molecule has 3 N–H and O–H groups in total. The molecule has 1 amide bonds. The summed E-state index contributed by atoms with van der Waals surface area (Å²) in [5.74, 6) is -0.719. The number of carboxylic acids is 1. The number of nitrogens with zero attached hydrogens (tertiary/aromatic N) is 1. The van der Waals surface area contributed by atoms with Crippen molar-refractivity contribution in [2.75, 3.05) is 13.1 Å². The van der Waals surface area contributed by atoms with Crippen molar-refractivity contribution in [2.45, 2.75) is 44.6 Å². The number of hydrogen-bond acceptors (Lipinski definition) is 3. The van der Waals surface area contributed by atoms with Gasteiger partial charge in [-0.3, -0.25) is 4.79 Å². The molecule has 0 radical (unpaired) electrons. The number of carbonyl (C=O) groups excluding carboxylic acids is 1. The number of aliphatic carboxylic acids is 1. The fourth-order valence-electron chi connectivity index (χ4n) is 3.38. The molecule has 18 heavy (non-hydrogen) atoms. The molecule has 0 aromatic carbocycles. The van der Waals surface area contributed by atoms with E-state index in [1.165, 1.54) is 0 Å². The van der Waals surface area contributed by atoms with Crippen molar-refractivity contribution in [1.29, 1.82) is 0 Å². The summed E-state index contributed by atoms with van der Waals surface area (Å²) in [6.07, 6.45) is 4.19. The van der Waals surface area contributed by atoms with Crippen LogP contribution in [0.3, 0.4) is 0 Å². The molecule has 102 valence electrons. The highest BCUT2D eigenvalue weighted by Crippen LogP contribution is 2.37. The average Bonchev–Trinajstić information content (AvgIpc) is 2.94. The molecule has 2 rings (SSSR count). The predicted molar refractivity (Wildman–Crippen MR) is 66.9 cm³/mol. The van der Waals surface area contributed by atoms with Gasteiger partial charge in [-0.1, -0.05) is 6.42 Å². The molecule has 0 bridgehead atoms. The van der Waals surface area contributed by atoms with Crippen LogP contribution in [-0.4, -0.2) is 40.5 Å². The van der Waals surface area contributed by atoms with E-state index in [4.69, 9.17) is 5.73 Å². The van der Waals surface area contributed by atoms with Gasteiger partial charge in [-0.25, -0.2) is 4.79 Å². The topological polar surface area (TPSA) is 83.6 Å². The summed E-state index contributed by atoms with van der Waals surface area (Å²) >= 11 is 0. The molecule has 2 aliphatic rings. The Labute approximate surface area is 107 Å². The molecule has 5 heteroatoms. The molecule has 5 nitrogen and oxygen atoms in total. The van der Waals surface area contributed by atoms with Gasteiger partial charge in [-0.05, 0) is 45.1 Å². The summed E-state index contributed by atoms with van der Waals surface area (Å²) in [5.41, 5.74) is 4.69. The van der Waals surface area contributed by atoms with Crippen LogP contribution in [0, 0.1) is 11.8 Å². The molecule has 3 unspecified atom stereocenters. The standard InChI is InChI=1S/C13H22N2O3/c1-13(12(17)18)6-3-7-15(13)11(16)10-5-2-4-9(10)8-14/h9-10H,2-8,14H2,1H3,(H,17,18). The van der Waals surface area contributed by atoms with E-state index < -0.39 is 11.5 Å². The lowest BCUT2D eigenvalue weighted by Crippen LogP contribution is -2.53. The number of amides is 1. The normalized spacial score (nSPS) is 36.0. The zero-order chi connectivity index (χ0) is 13.3. The Morgan fingerprint density at radius 3 is 2.72 bits per heavy atom. The SMILES string of the molecule is CC1(C(=O)O)CCCN1C(=O)C1CCCC1CN. The Morgan fingerprint density at radius 2 is 2.11 bits per heavy atom. The van der Waals surface area contributed by atoms with Gasteiger partial charge in [0.05, 0.1) is 0 Å². The fourth-order valence-corrected chi connectivity index (χ4v) is 3.38. The first-order valence-electron chi connectivity index (χ1n) is 6.75. The number of carbonyl (C=O) groups is 2. The number of carboxylic acid groups (broad SMARTS) is 1. The monoisotopic (exact) mass is 254 g/mol. The first-order valence-corrected chi connectivity index (χ1v) is 6.75. The van der Waals surface area contributed by atoms with Crippen LogP contribution < -0.4 is 5.73 Å². The number of rotatable bonds is 3. The highest BCUT2D eigenvalue weighted by molar-refractivity contribution is 5.88. The number of nitrogens with two attached hydrogens (primary N) is 1. The maximum absolute atomic E-state index is 12.5. The van der Waals surface area contributed by atoms with E-state index in [2.05, 4.69) is 0 Å². The highest BCUT2D eigenvalue weighted by atomic mass is 16.4. The van der Waals surface area contributed by atoms with Crippen LogP contribution in [0.25, 0.3) is 0 Å². The van der Waals surface area contributed by atoms with Gasteiger partial charge in [-0.15, -0.1) is 0 Å². The van der Waals surface area contributed by atoms with E-state index in [1.807, 2.05) is 0 Å². The van der Waals surface area contributed by atoms with E-state index in [1.54, 1.807) is 11.8 Å². The van der Waals surface area contributed by atoms with Crippen molar-refractivity contribution in [2.24, 2.45) is 17.6 Å². The lowest BCUT2D eigenvalue weighted by molar-refractivity contribution is -0.157. The van der Waals surface area contributed by atoms with Gasteiger partial charge >= 0.3 is 5.97 Å². The summed E-state index contributed by atoms with van der Waals surface area (Å²) in [7, 11) is 0.